The molecule has 1 aromatic rings. The van der Waals surface area contributed by atoms with Crippen molar-refractivity contribution in [3.8, 4) is 0 Å². The topological polar surface area (TPSA) is 65.1 Å². The Morgan fingerprint density at radius 2 is 2.28 bits per heavy atom. The molecule has 0 spiro atoms. The fourth-order valence-electron chi connectivity index (χ4n) is 1.99. The molecule has 0 radical (unpaired) electrons. The van der Waals surface area contributed by atoms with Crippen LogP contribution in [0.25, 0.3) is 0 Å². The standard InChI is InChI=1S/C13H26N4O/c1-4-8-17-9-7-15-13(17)10-12(16-14)6-5-11(2)18-3/h7,9,11-12,16H,4-6,8,10,14H2,1-3H3. The normalized spacial score (nSPS) is 14.7. The van der Waals surface area contributed by atoms with Gasteiger partial charge in [-0.3, -0.25) is 11.3 Å². The van der Waals surface area contributed by atoms with Crippen LogP contribution in [-0.4, -0.2) is 28.8 Å². The molecule has 1 heterocycles. The van der Waals surface area contributed by atoms with E-state index in [0.717, 1.165) is 38.1 Å². The second kappa shape index (κ2) is 8.24. The van der Waals surface area contributed by atoms with E-state index < -0.39 is 0 Å². The van der Waals surface area contributed by atoms with Gasteiger partial charge in [-0.15, -0.1) is 0 Å². The van der Waals surface area contributed by atoms with Crippen LogP contribution in [0, 0.1) is 0 Å². The van der Waals surface area contributed by atoms with Crippen molar-refractivity contribution in [2.75, 3.05) is 7.11 Å². The van der Waals surface area contributed by atoms with Crippen molar-refractivity contribution in [1.82, 2.24) is 15.0 Å². The summed E-state index contributed by atoms with van der Waals surface area (Å²) in [5, 5.41) is 0. The lowest BCUT2D eigenvalue weighted by atomic mass is 10.1. The number of nitrogens with one attached hydrogen (secondary N) is 1. The van der Waals surface area contributed by atoms with Crippen LogP contribution >= 0.6 is 0 Å². The first-order valence-electron chi connectivity index (χ1n) is 6.70. The number of hydrogen-bond acceptors (Lipinski definition) is 4. The molecule has 0 aliphatic rings. The third kappa shape index (κ3) is 4.76. The van der Waals surface area contributed by atoms with Crippen LogP contribution in [0.3, 0.4) is 0 Å². The number of ether oxygens (including phenoxy) is 1. The number of aryl methyl sites for hydroxylation is 1. The molecule has 0 saturated heterocycles. The molecular weight excluding hydrogens is 228 g/mol. The van der Waals surface area contributed by atoms with Gasteiger partial charge in [0.15, 0.2) is 0 Å². The summed E-state index contributed by atoms with van der Waals surface area (Å²) >= 11 is 0. The van der Waals surface area contributed by atoms with Gasteiger partial charge >= 0.3 is 0 Å². The minimum Gasteiger partial charge on any atom is -0.382 e. The van der Waals surface area contributed by atoms with Gasteiger partial charge in [-0.05, 0) is 26.2 Å². The SMILES string of the molecule is CCCn1ccnc1CC(CCC(C)OC)NN. The van der Waals surface area contributed by atoms with Gasteiger partial charge in [0.1, 0.15) is 5.82 Å². The second-order valence-corrected chi connectivity index (χ2v) is 4.73. The van der Waals surface area contributed by atoms with Crippen molar-refractivity contribution in [3.05, 3.63) is 18.2 Å². The summed E-state index contributed by atoms with van der Waals surface area (Å²) in [5.74, 6) is 6.71. The van der Waals surface area contributed by atoms with E-state index in [9.17, 15) is 0 Å². The number of imidazole rings is 1. The first-order chi connectivity index (χ1) is 8.71. The largest absolute Gasteiger partial charge is 0.382 e. The van der Waals surface area contributed by atoms with E-state index in [2.05, 4.69) is 28.8 Å². The molecule has 2 unspecified atom stereocenters. The van der Waals surface area contributed by atoms with Crippen molar-refractivity contribution >= 4 is 0 Å². The molecule has 5 heteroatoms. The fourth-order valence-corrected chi connectivity index (χ4v) is 1.99. The van der Waals surface area contributed by atoms with Gasteiger partial charge in [0.05, 0.1) is 6.10 Å². The first-order valence-corrected chi connectivity index (χ1v) is 6.70. The quantitative estimate of drug-likeness (QED) is 0.517. The molecule has 0 aliphatic heterocycles. The van der Waals surface area contributed by atoms with Gasteiger partial charge < -0.3 is 9.30 Å². The molecule has 3 N–H and O–H groups in total. The first kappa shape index (κ1) is 15.1. The molecule has 2 atom stereocenters. The van der Waals surface area contributed by atoms with Crippen LogP contribution in [-0.2, 0) is 17.7 Å². The number of methoxy groups -OCH3 is 1. The number of nitrogens with zero attached hydrogens (tertiary/aromatic N) is 2. The zero-order chi connectivity index (χ0) is 13.4. The van der Waals surface area contributed by atoms with Crippen molar-refractivity contribution in [3.63, 3.8) is 0 Å². The van der Waals surface area contributed by atoms with Crippen LogP contribution in [0.1, 0.15) is 38.9 Å². The maximum atomic E-state index is 5.61. The van der Waals surface area contributed by atoms with Crippen molar-refractivity contribution in [2.45, 2.75) is 58.2 Å². The van der Waals surface area contributed by atoms with E-state index in [1.54, 1.807) is 7.11 Å². The second-order valence-electron chi connectivity index (χ2n) is 4.73. The molecule has 1 rings (SSSR count). The number of rotatable bonds is 9. The van der Waals surface area contributed by atoms with Gasteiger partial charge in [0, 0.05) is 38.5 Å². The lowest BCUT2D eigenvalue weighted by Gasteiger charge is -2.18. The Hall–Kier alpha value is -0.910. The average Bonchev–Trinajstić information content (AvgIpc) is 2.81. The highest BCUT2D eigenvalue weighted by Crippen LogP contribution is 2.09. The number of aromatic nitrogens is 2. The van der Waals surface area contributed by atoms with Gasteiger partial charge in [-0.2, -0.15) is 0 Å². The number of hydrazine groups is 1. The van der Waals surface area contributed by atoms with Crippen LogP contribution in [0.15, 0.2) is 12.4 Å². The number of hydrogen-bond donors (Lipinski definition) is 2. The molecule has 0 bridgehead atoms. The summed E-state index contributed by atoms with van der Waals surface area (Å²) in [7, 11) is 1.74. The Balaban J connectivity index is 2.48. The predicted octanol–water partition coefficient (Wildman–Crippen LogP) is 1.48. The molecule has 0 aliphatic carbocycles. The smallest absolute Gasteiger partial charge is 0.110 e. The van der Waals surface area contributed by atoms with E-state index in [1.807, 2.05) is 12.4 Å². The van der Waals surface area contributed by atoms with E-state index >= 15 is 0 Å². The van der Waals surface area contributed by atoms with E-state index in [0.29, 0.717) is 0 Å². The van der Waals surface area contributed by atoms with Gasteiger partial charge in [0.25, 0.3) is 0 Å². The molecule has 0 amide bonds. The zero-order valence-corrected chi connectivity index (χ0v) is 11.7. The predicted molar refractivity (Wildman–Crippen MR) is 73.0 cm³/mol. The Morgan fingerprint density at radius 3 is 2.89 bits per heavy atom. The summed E-state index contributed by atoms with van der Waals surface area (Å²) in [5.41, 5.74) is 2.88. The highest BCUT2D eigenvalue weighted by Gasteiger charge is 2.13. The highest BCUT2D eigenvalue weighted by molar-refractivity contribution is 4.95. The monoisotopic (exact) mass is 254 g/mol. The highest BCUT2D eigenvalue weighted by atomic mass is 16.5. The molecule has 0 saturated carbocycles. The third-order valence-electron chi connectivity index (χ3n) is 3.25. The maximum Gasteiger partial charge on any atom is 0.110 e. The summed E-state index contributed by atoms with van der Waals surface area (Å²) in [6.45, 7) is 5.26. The van der Waals surface area contributed by atoms with E-state index in [1.165, 1.54) is 0 Å². The van der Waals surface area contributed by atoms with Crippen LogP contribution in [0.2, 0.25) is 0 Å². The van der Waals surface area contributed by atoms with Crippen LogP contribution in [0.4, 0.5) is 0 Å². The van der Waals surface area contributed by atoms with Gasteiger partial charge in [0.2, 0.25) is 0 Å². The fraction of sp³-hybridized carbons (Fsp3) is 0.769. The van der Waals surface area contributed by atoms with Crippen molar-refractivity contribution < 1.29 is 4.74 Å². The van der Waals surface area contributed by atoms with Crippen molar-refractivity contribution in [1.29, 1.82) is 0 Å². The van der Waals surface area contributed by atoms with E-state index in [-0.39, 0.29) is 12.1 Å². The van der Waals surface area contributed by atoms with E-state index in [4.69, 9.17) is 10.6 Å². The van der Waals surface area contributed by atoms with Gasteiger partial charge in [-0.25, -0.2) is 4.98 Å². The summed E-state index contributed by atoms with van der Waals surface area (Å²) in [4.78, 5) is 4.41. The molecular formula is C13H26N4O. The minimum atomic E-state index is 0.251. The maximum absolute atomic E-state index is 5.61. The molecule has 0 aromatic carbocycles. The average molecular weight is 254 g/mol. The Bertz CT molecular complexity index is 327. The Kier molecular flexibility index (Phi) is 6.93. The summed E-state index contributed by atoms with van der Waals surface area (Å²) in [6.07, 6.45) is 8.13. The van der Waals surface area contributed by atoms with Crippen LogP contribution < -0.4 is 11.3 Å². The third-order valence-corrected chi connectivity index (χ3v) is 3.25. The minimum absolute atomic E-state index is 0.251. The number of nitrogens with two attached hydrogens (primary N) is 1. The Morgan fingerprint density at radius 1 is 1.50 bits per heavy atom. The molecule has 18 heavy (non-hydrogen) atoms. The van der Waals surface area contributed by atoms with Crippen molar-refractivity contribution in [2.24, 2.45) is 5.84 Å². The van der Waals surface area contributed by atoms with Gasteiger partial charge in [-0.1, -0.05) is 6.92 Å². The lowest BCUT2D eigenvalue weighted by molar-refractivity contribution is 0.106. The molecule has 104 valence electrons. The molecule has 0 fully saturated rings. The summed E-state index contributed by atoms with van der Waals surface area (Å²) < 4.78 is 7.45. The summed E-state index contributed by atoms with van der Waals surface area (Å²) in [6, 6.07) is 0.251. The molecule has 1 aromatic heterocycles. The Labute approximate surface area is 110 Å². The van der Waals surface area contributed by atoms with Crippen LogP contribution in [0.5, 0.6) is 0 Å². The zero-order valence-electron chi connectivity index (χ0n) is 11.7. The molecule has 5 nitrogen and oxygen atoms in total. The lowest BCUT2D eigenvalue weighted by Crippen LogP contribution is -2.38.